The predicted octanol–water partition coefficient (Wildman–Crippen LogP) is 3.90. The standard InChI is InChI=1S/C17H16ClN5OS2/c1-2-8-23-14(10-12-5-4-9-25-12)21-22-17(23)26-11-15(24)20-13-6-3-7-19-16(13)18/h2-7,9H,1,8,10-11H2,(H,20,24). The first-order chi connectivity index (χ1) is 12.7. The van der Waals surface area contributed by atoms with Crippen molar-refractivity contribution in [1.29, 1.82) is 0 Å². The molecular weight excluding hydrogens is 390 g/mol. The fourth-order valence-electron chi connectivity index (χ4n) is 2.23. The Balaban J connectivity index is 1.65. The van der Waals surface area contributed by atoms with Crippen LogP contribution in [0.4, 0.5) is 5.69 Å². The lowest BCUT2D eigenvalue weighted by atomic mass is 10.3. The van der Waals surface area contributed by atoms with E-state index in [1.807, 2.05) is 16.0 Å². The maximum Gasteiger partial charge on any atom is 0.234 e. The normalized spacial score (nSPS) is 10.7. The van der Waals surface area contributed by atoms with E-state index in [1.165, 1.54) is 16.6 Å². The first kappa shape index (κ1) is 18.6. The first-order valence-corrected chi connectivity index (χ1v) is 10.00. The molecular formula is C17H16ClN5OS2. The molecule has 0 atom stereocenters. The van der Waals surface area contributed by atoms with Gasteiger partial charge in [-0.1, -0.05) is 35.5 Å². The van der Waals surface area contributed by atoms with Crippen LogP contribution in [-0.4, -0.2) is 31.4 Å². The molecule has 0 bridgehead atoms. The number of halogens is 1. The van der Waals surface area contributed by atoms with Gasteiger partial charge in [0.25, 0.3) is 0 Å². The number of thiophene rings is 1. The second-order valence-corrected chi connectivity index (χ2v) is 7.57. The van der Waals surface area contributed by atoms with Crippen LogP contribution in [0.3, 0.4) is 0 Å². The number of nitrogens with one attached hydrogen (secondary N) is 1. The van der Waals surface area contributed by atoms with E-state index in [-0.39, 0.29) is 16.8 Å². The maximum atomic E-state index is 12.2. The Hall–Kier alpha value is -2.16. The molecule has 0 saturated heterocycles. The molecule has 3 rings (SSSR count). The van der Waals surface area contributed by atoms with Gasteiger partial charge in [-0.2, -0.15) is 0 Å². The number of anilines is 1. The average Bonchev–Trinajstić information content (AvgIpc) is 3.27. The monoisotopic (exact) mass is 405 g/mol. The summed E-state index contributed by atoms with van der Waals surface area (Å²) in [5, 5.41) is 14.2. The molecule has 3 aromatic rings. The third-order valence-corrected chi connectivity index (χ3v) is 5.53. The van der Waals surface area contributed by atoms with Crippen molar-refractivity contribution in [2.24, 2.45) is 0 Å². The number of aromatic nitrogens is 4. The second-order valence-electron chi connectivity index (χ2n) is 5.23. The lowest BCUT2D eigenvalue weighted by Gasteiger charge is -2.08. The van der Waals surface area contributed by atoms with Crippen LogP contribution in [0.2, 0.25) is 5.15 Å². The van der Waals surface area contributed by atoms with Crippen molar-refractivity contribution in [3.63, 3.8) is 0 Å². The van der Waals surface area contributed by atoms with Gasteiger partial charge < -0.3 is 9.88 Å². The van der Waals surface area contributed by atoms with Crippen LogP contribution in [0.25, 0.3) is 0 Å². The SMILES string of the molecule is C=CCn1c(Cc2cccs2)nnc1SCC(=O)Nc1cccnc1Cl. The van der Waals surface area contributed by atoms with Crippen LogP contribution < -0.4 is 5.32 Å². The minimum absolute atomic E-state index is 0.183. The lowest BCUT2D eigenvalue weighted by molar-refractivity contribution is -0.113. The molecule has 0 saturated carbocycles. The van der Waals surface area contributed by atoms with Gasteiger partial charge in [-0.15, -0.1) is 28.1 Å². The van der Waals surface area contributed by atoms with Gasteiger partial charge in [-0.05, 0) is 23.6 Å². The van der Waals surface area contributed by atoms with Crippen molar-refractivity contribution < 1.29 is 4.79 Å². The van der Waals surface area contributed by atoms with E-state index in [9.17, 15) is 4.79 Å². The van der Waals surface area contributed by atoms with Crippen molar-refractivity contribution in [1.82, 2.24) is 19.7 Å². The summed E-state index contributed by atoms with van der Waals surface area (Å²) in [6, 6.07) is 7.50. The third-order valence-electron chi connectivity index (χ3n) is 3.38. The summed E-state index contributed by atoms with van der Waals surface area (Å²) in [5.74, 6) is 0.864. The molecule has 0 spiro atoms. The number of rotatable bonds is 8. The van der Waals surface area contributed by atoms with E-state index in [2.05, 4.69) is 33.1 Å². The van der Waals surface area contributed by atoms with Crippen molar-refractivity contribution >= 4 is 46.3 Å². The Labute approximate surface area is 164 Å². The summed E-state index contributed by atoms with van der Waals surface area (Å²) in [5.41, 5.74) is 0.491. The van der Waals surface area contributed by atoms with E-state index in [0.29, 0.717) is 23.8 Å². The summed E-state index contributed by atoms with van der Waals surface area (Å²) >= 11 is 8.96. The number of thioether (sulfide) groups is 1. The Morgan fingerprint density at radius 1 is 1.38 bits per heavy atom. The van der Waals surface area contributed by atoms with Crippen molar-refractivity contribution in [2.75, 3.05) is 11.1 Å². The number of hydrogen-bond donors (Lipinski definition) is 1. The number of carbonyl (C=O) groups is 1. The smallest absolute Gasteiger partial charge is 0.234 e. The summed E-state index contributed by atoms with van der Waals surface area (Å²) in [7, 11) is 0. The zero-order chi connectivity index (χ0) is 18.4. The molecule has 0 aromatic carbocycles. The fraction of sp³-hybridized carbons (Fsp3) is 0.176. The number of carbonyl (C=O) groups excluding carboxylic acids is 1. The zero-order valence-corrected chi connectivity index (χ0v) is 16.2. The van der Waals surface area contributed by atoms with Gasteiger partial charge in [0.2, 0.25) is 5.91 Å². The number of allylic oxidation sites excluding steroid dienone is 1. The first-order valence-electron chi connectivity index (χ1n) is 7.76. The molecule has 6 nitrogen and oxygen atoms in total. The Morgan fingerprint density at radius 3 is 3.00 bits per heavy atom. The van der Waals surface area contributed by atoms with Crippen LogP contribution in [0.5, 0.6) is 0 Å². The van der Waals surface area contributed by atoms with E-state index >= 15 is 0 Å². The molecule has 9 heteroatoms. The maximum absolute atomic E-state index is 12.2. The van der Waals surface area contributed by atoms with Crippen LogP contribution in [-0.2, 0) is 17.8 Å². The van der Waals surface area contributed by atoms with Gasteiger partial charge in [0.1, 0.15) is 5.82 Å². The number of pyridine rings is 1. The van der Waals surface area contributed by atoms with Crippen molar-refractivity contribution in [3.8, 4) is 0 Å². The van der Waals surface area contributed by atoms with Crippen molar-refractivity contribution in [2.45, 2.75) is 18.1 Å². The largest absolute Gasteiger partial charge is 0.323 e. The molecule has 26 heavy (non-hydrogen) atoms. The Morgan fingerprint density at radius 2 is 2.27 bits per heavy atom. The van der Waals surface area contributed by atoms with Gasteiger partial charge in [0, 0.05) is 24.0 Å². The average molecular weight is 406 g/mol. The topological polar surface area (TPSA) is 72.7 Å². The van der Waals surface area contributed by atoms with Gasteiger partial charge in [0.05, 0.1) is 11.4 Å². The third kappa shape index (κ3) is 4.72. The van der Waals surface area contributed by atoms with Crippen LogP contribution in [0, 0.1) is 0 Å². The molecule has 0 aliphatic rings. The molecule has 0 fully saturated rings. The van der Waals surface area contributed by atoms with Crippen LogP contribution in [0.1, 0.15) is 10.7 Å². The van der Waals surface area contributed by atoms with E-state index < -0.39 is 0 Å². The van der Waals surface area contributed by atoms with Crippen LogP contribution >= 0.6 is 34.7 Å². The Bertz CT molecular complexity index is 894. The number of amides is 1. The summed E-state index contributed by atoms with van der Waals surface area (Å²) < 4.78 is 1.97. The number of hydrogen-bond acceptors (Lipinski definition) is 6. The molecule has 0 unspecified atom stereocenters. The minimum atomic E-state index is -0.183. The van der Waals surface area contributed by atoms with E-state index in [1.54, 1.807) is 35.7 Å². The van der Waals surface area contributed by atoms with Gasteiger partial charge in [-0.25, -0.2) is 4.98 Å². The zero-order valence-electron chi connectivity index (χ0n) is 13.8. The molecule has 0 radical (unpaired) electrons. The molecule has 0 aliphatic heterocycles. The van der Waals surface area contributed by atoms with E-state index in [4.69, 9.17) is 11.6 Å². The Kier molecular flexibility index (Phi) is 6.43. The highest BCUT2D eigenvalue weighted by atomic mass is 35.5. The lowest BCUT2D eigenvalue weighted by Crippen LogP contribution is -2.15. The quantitative estimate of drug-likeness (QED) is 0.349. The molecule has 3 aromatic heterocycles. The van der Waals surface area contributed by atoms with Crippen LogP contribution in [0.15, 0.2) is 53.7 Å². The summed E-state index contributed by atoms with van der Waals surface area (Å²) in [6.07, 6.45) is 4.07. The number of nitrogens with zero attached hydrogens (tertiary/aromatic N) is 4. The van der Waals surface area contributed by atoms with Gasteiger partial charge in [0.15, 0.2) is 10.3 Å². The molecule has 0 aliphatic carbocycles. The molecule has 1 amide bonds. The summed E-state index contributed by atoms with van der Waals surface area (Å²) in [6.45, 7) is 4.38. The fourth-order valence-corrected chi connectivity index (χ4v) is 3.87. The highest BCUT2D eigenvalue weighted by Crippen LogP contribution is 2.22. The van der Waals surface area contributed by atoms with E-state index in [0.717, 1.165) is 5.82 Å². The highest BCUT2D eigenvalue weighted by Gasteiger charge is 2.15. The molecule has 3 heterocycles. The highest BCUT2D eigenvalue weighted by molar-refractivity contribution is 7.99. The predicted molar refractivity (Wildman–Crippen MR) is 106 cm³/mol. The second kappa shape index (κ2) is 8.98. The molecule has 1 N–H and O–H groups in total. The van der Waals surface area contributed by atoms with Gasteiger partial charge >= 0.3 is 0 Å². The molecule has 134 valence electrons. The minimum Gasteiger partial charge on any atom is -0.323 e. The van der Waals surface area contributed by atoms with Crippen molar-refractivity contribution in [3.05, 3.63) is 64.4 Å². The van der Waals surface area contributed by atoms with Gasteiger partial charge in [-0.3, -0.25) is 4.79 Å². The summed E-state index contributed by atoms with van der Waals surface area (Å²) in [4.78, 5) is 17.3.